The van der Waals surface area contributed by atoms with Gasteiger partial charge in [-0.05, 0) is 103 Å². The molecule has 8 heteroatoms. The summed E-state index contributed by atoms with van der Waals surface area (Å²) in [6.45, 7) is 6.47. The second-order valence-corrected chi connectivity index (χ2v) is 13.8. The molecule has 0 aromatic carbocycles. The Kier molecular flexibility index (Phi) is 8.81. The van der Waals surface area contributed by atoms with E-state index in [1.165, 1.54) is 0 Å². The van der Waals surface area contributed by atoms with Gasteiger partial charge in [0.25, 0.3) is 0 Å². The lowest BCUT2D eigenvalue weighted by molar-refractivity contribution is -0.261. The lowest BCUT2D eigenvalue weighted by Crippen LogP contribution is -2.65. The van der Waals surface area contributed by atoms with E-state index in [0.29, 0.717) is 42.2 Å². The van der Waals surface area contributed by atoms with Crippen LogP contribution < -0.4 is 0 Å². The van der Waals surface area contributed by atoms with Crippen LogP contribution in [0.25, 0.3) is 0 Å². The Morgan fingerprint density at radius 2 is 1.20 bits per heavy atom. The number of hydrogen-bond donors (Lipinski definition) is 1. The molecule has 7 rings (SSSR count). The lowest BCUT2D eigenvalue weighted by Gasteiger charge is -2.66. The van der Waals surface area contributed by atoms with Crippen LogP contribution in [0.15, 0.2) is 11.3 Å². The lowest BCUT2D eigenvalue weighted by atomic mass is 9.45. The fraction of sp³-hybridized carbons (Fsp3) is 0.906. The molecule has 40 heavy (non-hydrogen) atoms. The molecule has 1 N–H and O–H groups in total. The van der Waals surface area contributed by atoms with Crippen molar-refractivity contribution < 1.29 is 38.3 Å². The smallest absolute Gasteiger partial charge is 0.334 e. The van der Waals surface area contributed by atoms with Crippen LogP contribution in [0.4, 0.5) is 0 Å². The van der Waals surface area contributed by atoms with Crippen LogP contribution in [-0.4, -0.2) is 80.2 Å². The minimum atomic E-state index is -0.883. The van der Waals surface area contributed by atoms with Gasteiger partial charge in [0.2, 0.25) is 0 Å². The molecule has 7 aliphatic rings. The monoisotopic (exact) mass is 562 g/mol. The number of epoxide rings is 3. The Morgan fingerprint density at radius 3 is 1.65 bits per heavy atom. The molecule has 0 aromatic rings. The highest BCUT2D eigenvalue weighted by Crippen LogP contribution is 2.68. The van der Waals surface area contributed by atoms with Gasteiger partial charge in [0.15, 0.2) is 0 Å². The summed E-state index contributed by atoms with van der Waals surface area (Å²) >= 11 is 0. The number of unbranched alkanes of at least 4 members (excludes halogenated alkanes) is 3. The van der Waals surface area contributed by atoms with Gasteiger partial charge in [-0.25, -0.2) is 4.79 Å². The van der Waals surface area contributed by atoms with Gasteiger partial charge >= 0.3 is 5.97 Å². The molecule has 7 fully saturated rings. The van der Waals surface area contributed by atoms with Crippen molar-refractivity contribution in [3.05, 3.63) is 11.3 Å². The fourth-order valence-electron chi connectivity index (χ4n) is 8.47. The van der Waals surface area contributed by atoms with Crippen molar-refractivity contribution in [1.29, 1.82) is 0 Å². The van der Waals surface area contributed by atoms with Gasteiger partial charge in [0.05, 0.1) is 61.5 Å². The van der Waals surface area contributed by atoms with Gasteiger partial charge in [0.1, 0.15) is 5.76 Å². The van der Waals surface area contributed by atoms with E-state index in [9.17, 15) is 9.90 Å². The van der Waals surface area contributed by atoms with Crippen LogP contribution >= 0.6 is 0 Å². The van der Waals surface area contributed by atoms with Crippen molar-refractivity contribution in [3.63, 3.8) is 0 Å². The first-order valence-electron chi connectivity index (χ1n) is 16.1. The molecule has 5 atom stereocenters. The summed E-state index contributed by atoms with van der Waals surface area (Å²) in [4.78, 5) is 12.4. The molecule has 4 saturated carbocycles. The third-order valence-corrected chi connectivity index (χ3v) is 10.1. The topological polar surface area (TPSA) is 103 Å². The van der Waals surface area contributed by atoms with Crippen LogP contribution in [0.1, 0.15) is 103 Å². The number of carboxylic acid groups (broad SMARTS) is 1. The third kappa shape index (κ3) is 7.23. The molecule has 8 nitrogen and oxygen atoms in total. The third-order valence-electron chi connectivity index (χ3n) is 10.1. The molecular formula is C32H50O8. The highest BCUT2D eigenvalue weighted by atomic mass is 16.6. The highest BCUT2D eigenvalue weighted by Gasteiger charge is 2.66. The largest absolute Gasteiger partial charge is 0.497 e. The predicted molar refractivity (Wildman–Crippen MR) is 148 cm³/mol. The maximum Gasteiger partial charge on any atom is 0.334 e. The molecular weight excluding hydrogens is 512 g/mol. The zero-order valence-electron chi connectivity index (χ0n) is 24.5. The summed E-state index contributed by atoms with van der Waals surface area (Å²) in [5, 5.41) is 10.1. The van der Waals surface area contributed by atoms with Gasteiger partial charge in [-0.15, -0.1) is 0 Å². The van der Waals surface area contributed by atoms with Gasteiger partial charge < -0.3 is 33.5 Å². The van der Waals surface area contributed by atoms with Gasteiger partial charge in [-0.3, -0.25) is 0 Å². The van der Waals surface area contributed by atoms with Gasteiger partial charge in [-0.1, -0.05) is 0 Å². The predicted octanol–water partition coefficient (Wildman–Crippen LogP) is 5.56. The molecule has 0 radical (unpaired) electrons. The zero-order valence-corrected chi connectivity index (χ0v) is 24.5. The van der Waals surface area contributed by atoms with E-state index in [1.807, 2.05) is 0 Å². The van der Waals surface area contributed by atoms with Crippen LogP contribution in [-0.2, 0) is 33.2 Å². The van der Waals surface area contributed by atoms with Gasteiger partial charge in [0, 0.05) is 25.0 Å². The summed E-state index contributed by atoms with van der Waals surface area (Å²) in [6, 6.07) is 0. The molecule has 3 heterocycles. The quantitative estimate of drug-likeness (QED) is 0.0890. The van der Waals surface area contributed by atoms with Crippen LogP contribution in [0.3, 0.4) is 0 Å². The summed E-state index contributed by atoms with van der Waals surface area (Å²) in [7, 11) is 0. The number of aliphatic carboxylic acids is 1. The number of carboxylic acids is 1. The number of carbonyl (C=O) groups is 1. The van der Waals surface area contributed by atoms with Crippen molar-refractivity contribution in [2.24, 2.45) is 11.3 Å². The van der Waals surface area contributed by atoms with Crippen molar-refractivity contribution >= 4 is 5.97 Å². The first-order chi connectivity index (χ1) is 19.4. The number of allylic oxidation sites excluding steroid dienone is 1. The van der Waals surface area contributed by atoms with E-state index in [1.54, 1.807) is 6.92 Å². The van der Waals surface area contributed by atoms with Crippen LogP contribution in [0.2, 0.25) is 0 Å². The normalized spacial score (nSPS) is 39.2. The Balaban J connectivity index is 1.16. The minimum Gasteiger partial charge on any atom is -0.497 e. The fourth-order valence-corrected chi connectivity index (χ4v) is 8.47. The maximum atomic E-state index is 12.4. The second-order valence-electron chi connectivity index (χ2n) is 13.8. The number of rotatable bonds is 20. The first kappa shape index (κ1) is 28.9. The minimum absolute atomic E-state index is 0.270. The standard InChI is InChI=1S/C32H50O8/c1-23(29(33)34)28(35-11-5-2-8-25-17-36-25)30-14-24-15-31(20-30,39-12-6-3-9-26-18-37-26)22-32(16-24,21-30)40-13-7-4-10-27-19-38-27/h24-27H,2-22H2,1H3,(H,33,34). The molecule has 4 bridgehead atoms. The Labute approximate surface area is 239 Å². The molecule has 4 aliphatic carbocycles. The molecule has 5 unspecified atom stereocenters. The average molecular weight is 563 g/mol. The van der Waals surface area contributed by atoms with Gasteiger partial charge in [-0.2, -0.15) is 0 Å². The van der Waals surface area contributed by atoms with E-state index >= 15 is 0 Å². The molecule has 0 aromatic heterocycles. The maximum absolute atomic E-state index is 12.4. The average Bonchev–Trinajstić information content (AvgIpc) is 3.75. The van der Waals surface area contributed by atoms with Crippen LogP contribution in [0.5, 0.6) is 0 Å². The second kappa shape index (κ2) is 12.2. The van der Waals surface area contributed by atoms with E-state index in [0.717, 1.165) is 129 Å². The molecule has 3 saturated heterocycles. The molecule has 3 aliphatic heterocycles. The number of hydrogen-bond acceptors (Lipinski definition) is 7. The summed E-state index contributed by atoms with van der Waals surface area (Å²) in [6.07, 6.45) is 16.6. The zero-order chi connectivity index (χ0) is 27.6. The summed E-state index contributed by atoms with van der Waals surface area (Å²) < 4.78 is 36.3. The summed E-state index contributed by atoms with van der Waals surface area (Å²) in [5.41, 5.74) is -0.528. The number of ether oxygens (including phenoxy) is 6. The SMILES string of the molecule is CC(C(=O)O)=C(OCCCCC1CO1)C12CC3CC(OCCCCC4CO4)(CC(OCCCCC4CO4)(C3)C1)C2. The van der Waals surface area contributed by atoms with Crippen molar-refractivity contribution in [2.45, 2.75) is 133 Å². The highest BCUT2D eigenvalue weighted by molar-refractivity contribution is 5.86. The molecule has 0 spiro atoms. The first-order valence-corrected chi connectivity index (χ1v) is 16.1. The summed E-state index contributed by atoms with van der Waals surface area (Å²) in [5.74, 6) is 0.277. The van der Waals surface area contributed by atoms with E-state index in [2.05, 4.69) is 0 Å². The Hall–Kier alpha value is -1.19. The molecule has 0 amide bonds. The Morgan fingerprint density at radius 1 is 0.725 bits per heavy atom. The Bertz CT molecular complexity index is 882. The van der Waals surface area contributed by atoms with Crippen molar-refractivity contribution in [3.8, 4) is 0 Å². The molecule has 226 valence electrons. The van der Waals surface area contributed by atoms with Crippen molar-refractivity contribution in [1.82, 2.24) is 0 Å². The van der Waals surface area contributed by atoms with Crippen LogP contribution in [0, 0.1) is 11.3 Å². The van der Waals surface area contributed by atoms with Crippen molar-refractivity contribution in [2.75, 3.05) is 39.6 Å². The van der Waals surface area contributed by atoms with E-state index < -0.39 is 5.97 Å². The van der Waals surface area contributed by atoms with E-state index in [4.69, 9.17) is 28.4 Å². The van der Waals surface area contributed by atoms with E-state index in [-0.39, 0.29) is 16.6 Å².